The van der Waals surface area contributed by atoms with Crippen LogP contribution in [0.2, 0.25) is 0 Å². The second-order valence-corrected chi connectivity index (χ2v) is 11.1. The summed E-state index contributed by atoms with van der Waals surface area (Å²) in [6.07, 6.45) is 0. The van der Waals surface area contributed by atoms with Crippen molar-refractivity contribution in [3.05, 3.63) is 162 Å². The van der Waals surface area contributed by atoms with Crippen LogP contribution in [-0.4, -0.2) is 16.4 Å². The first-order chi connectivity index (χ1) is 22.6. The van der Waals surface area contributed by atoms with Gasteiger partial charge in [-0.25, -0.2) is 9.74 Å². The van der Waals surface area contributed by atoms with E-state index in [0.717, 1.165) is 44.1 Å². The third kappa shape index (κ3) is 4.02. The number of imide groups is 1. The molecule has 46 heavy (non-hydrogen) atoms. The second-order valence-electron chi connectivity index (χ2n) is 11.1. The molecule has 0 fully saturated rings. The summed E-state index contributed by atoms with van der Waals surface area (Å²) in [6, 6.07) is 43.9. The van der Waals surface area contributed by atoms with Crippen molar-refractivity contribution in [2.75, 3.05) is 4.90 Å². The Hall–Kier alpha value is -6.76. The summed E-state index contributed by atoms with van der Waals surface area (Å²) in [6.45, 7) is 7.61. The van der Waals surface area contributed by atoms with Crippen molar-refractivity contribution in [1.29, 1.82) is 5.26 Å². The Balaban J connectivity index is 1.34. The number of benzene rings is 6. The maximum Gasteiger partial charge on any atom is 0.268 e. The van der Waals surface area contributed by atoms with Crippen molar-refractivity contribution in [3.8, 4) is 34.0 Å². The van der Waals surface area contributed by atoms with Crippen LogP contribution in [0, 0.1) is 17.9 Å². The molecule has 6 nitrogen and oxygen atoms in total. The van der Waals surface area contributed by atoms with Crippen LogP contribution in [0.5, 0.6) is 0 Å². The van der Waals surface area contributed by atoms with Crippen molar-refractivity contribution in [2.45, 2.75) is 0 Å². The molecule has 1 aliphatic heterocycles. The summed E-state index contributed by atoms with van der Waals surface area (Å²) in [4.78, 5) is 33.0. The molecule has 0 saturated heterocycles. The molecule has 0 radical (unpaired) electrons. The van der Waals surface area contributed by atoms with Gasteiger partial charge in [-0.3, -0.25) is 9.59 Å². The lowest BCUT2D eigenvalue weighted by molar-refractivity contribution is 0.0926. The van der Waals surface area contributed by atoms with Crippen LogP contribution in [0.15, 0.2) is 133 Å². The SMILES string of the molecule is [C-]#[N+]c1cc(C#N)cc(-c2cccc3c4ccccc4n(-c4cccc5c4C(=O)N(c4ccc(-c6ccccc6)cc4)C5=O)c23)c1. The molecule has 1 aromatic heterocycles. The molecular weight excluding hydrogens is 568 g/mol. The predicted molar refractivity (Wildman–Crippen MR) is 180 cm³/mol. The van der Waals surface area contributed by atoms with E-state index in [1.165, 1.54) is 4.90 Å². The molecule has 0 spiro atoms. The molecule has 0 aliphatic carbocycles. The fourth-order valence-corrected chi connectivity index (χ4v) is 6.52. The molecule has 1 aliphatic rings. The van der Waals surface area contributed by atoms with E-state index in [0.29, 0.717) is 33.8 Å². The topological polar surface area (TPSA) is 70.5 Å². The number of nitrogens with zero attached hydrogens (tertiary/aromatic N) is 4. The zero-order chi connectivity index (χ0) is 31.4. The van der Waals surface area contributed by atoms with E-state index >= 15 is 0 Å². The van der Waals surface area contributed by atoms with E-state index in [1.54, 1.807) is 42.5 Å². The van der Waals surface area contributed by atoms with Gasteiger partial charge in [-0.15, -0.1) is 0 Å². The van der Waals surface area contributed by atoms with Gasteiger partial charge in [-0.05, 0) is 65.2 Å². The zero-order valence-corrected chi connectivity index (χ0v) is 24.3. The lowest BCUT2D eigenvalue weighted by atomic mass is 9.99. The molecule has 6 aromatic carbocycles. The fourth-order valence-electron chi connectivity index (χ4n) is 6.52. The first kappa shape index (κ1) is 26.8. The number of amides is 2. The van der Waals surface area contributed by atoms with Gasteiger partial charge in [0.25, 0.3) is 11.8 Å². The molecule has 214 valence electrons. The summed E-state index contributed by atoms with van der Waals surface area (Å²) in [5.41, 5.74) is 7.73. The minimum absolute atomic E-state index is 0.324. The quantitative estimate of drug-likeness (QED) is 0.151. The lowest BCUT2D eigenvalue weighted by Crippen LogP contribution is -2.29. The number of rotatable bonds is 4. The van der Waals surface area contributed by atoms with Crippen LogP contribution in [0.3, 0.4) is 0 Å². The standard InChI is InChI=1S/C40H22N4O2/c1-42-29-22-25(24-41)21-28(23-29)31-12-7-13-33-32-11-5-6-15-35(32)44(38(31)33)36-16-8-14-34-37(36)40(46)43(39(34)45)30-19-17-27(18-20-30)26-9-3-2-4-10-26/h2-23H. The van der Waals surface area contributed by atoms with Gasteiger partial charge in [-0.2, -0.15) is 5.26 Å². The average molecular weight is 591 g/mol. The molecule has 8 rings (SSSR count). The Bertz CT molecular complexity index is 2450. The second kappa shape index (κ2) is 10.4. The smallest absolute Gasteiger partial charge is 0.268 e. The maximum atomic E-state index is 14.3. The van der Waals surface area contributed by atoms with Gasteiger partial charge in [0.1, 0.15) is 0 Å². The number of carbonyl (C=O) groups excluding carboxylic acids is 2. The number of fused-ring (bicyclic) bond motifs is 4. The van der Waals surface area contributed by atoms with Crippen molar-refractivity contribution >= 4 is 45.0 Å². The Morgan fingerprint density at radius 3 is 2.11 bits per heavy atom. The highest BCUT2D eigenvalue weighted by molar-refractivity contribution is 6.36. The summed E-state index contributed by atoms with van der Waals surface area (Å²) in [5.74, 6) is -0.771. The third-order valence-corrected chi connectivity index (χ3v) is 8.55. The van der Waals surface area contributed by atoms with Gasteiger partial charge in [-0.1, -0.05) is 84.9 Å². The van der Waals surface area contributed by atoms with E-state index in [2.05, 4.69) is 10.9 Å². The molecular formula is C40H22N4O2. The summed E-state index contributed by atoms with van der Waals surface area (Å²) in [5, 5.41) is 11.6. The molecule has 0 bridgehead atoms. The van der Waals surface area contributed by atoms with Crippen LogP contribution in [0.25, 0.3) is 54.6 Å². The van der Waals surface area contributed by atoms with Gasteiger partial charge < -0.3 is 4.57 Å². The normalized spacial score (nSPS) is 12.3. The largest absolute Gasteiger partial charge is 0.308 e. The zero-order valence-electron chi connectivity index (χ0n) is 24.3. The average Bonchev–Trinajstić information content (AvgIpc) is 3.59. The summed E-state index contributed by atoms with van der Waals surface area (Å²) in [7, 11) is 0. The summed E-state index contributed by atoms with van der Waals surface area (Å²) < 4.78 is 2.03. The Morgan fingerprint density at radius 1 is 0.630 bits per heavy atom. The monoisotopic (exact) mass is 590 g/mol. The molecule has 7 aromatic rings. The number of anilines is 1. The van der Waals surface area contributed by atoms with E-state index in [1.807, 2.05) is 95.6 Å². The molecule has 2 heterocycles. The Kier molecular flexibility index (Phi) is 6.10. The highest BCUT2D eigenvalue weighted by Gasteiger charge is 2.39. The first-order valence-corrected chi connectivity index (χ1v) is 14.7. The molecule has 6 heteroatoms. The number of hydrogen-bond donors (Lipinski definition) is 0. The van der Waals surface area contributed by atoms with Crippen molar-refractivity contribution in [1.82, 2.24) is 4.57 Å². The van der Waals surface area contributed by atoms with Crippen molar-refractivity contribution in [2.24, 2.45) is 0 Å². The lowest BCUT2D eigenvalue weighted by Gasteiger charge is -2.16. The number of carbonyl (C=O) groups is 2. The van der Waals surface area contributed by atoms with E-state index in [4.69, 9.17) is 6.57 Å². The Labute approximate surface area is 264 Å². The minimum atomic E-state index is -0.395. The van der Waals surface area contributed by atoms with Crippen LogP contribution < -0.4 is 4.90 Å². The molecule has 0 atom stereocenters. The summed E-state index contributed by atoms with van der Waals surface area (Å²) >= 11 is 0. The van der Waals surface area contributed by atoms with E-state index in [9.17, 15) is 14.9 Å². The molecule has 0 unspecified atom stereocenters. The van der Waals surface area contributed by atoms with Crippen molar-refractivity contribution in [3.63, 3.8) is 0 Å². The van der Waals surface area contributed by atoms with Crippen molar-refractivity contribution < 1.29 is 9.59 Å². The Morgan fingerprint density at radius 2 is 1.33 bits per heavy atom. The molecule has 0 N–H and O–H groups in total. The van der Waals surface area contributed by atoms with Gasteiger partial charge in [0.15, 0.2) is 5.69 Å². The van der Waals surface area contributed by atoms with Crippen LogP contribution in [0.4, 0.5) is 11.4 Å². The highest BCUT2D eigenvalue weighted by Crippen LogP contribution is 2.42. The fraction of sp³-hybridized carbons (Fsp3) is 0. The van der Waals surface area contributed by atoms with Gasteiger partial charge in [0, 0.05) is 21.9 Å². The molecule has 2 amide bonds. The maximum absolute atomic E-state index is 14.3. The van der Waals surface area contributed by atoms with Gasteiger partial charge in [0.05, 0.1) is 46.2 Å². The minimum Gasteiger partial charge on any atom is -0.308 e. The number of para-hydroxylation sites is 2. The number of hydrogen-bond acceptors (Lipinski definition) is 3. The molecule has 0 saturated carbocycles. The van der Waals surface area contributed by atoms with E-state index in [-0.39, 0.29) is 5.91 Å². The first-order valence-electron chi connectivity index (χ1n) is 14.7. The van der Waals surface area contributed by atoms with Crippen LogP contribution in [0.1, 0.15) is 26.3 Å². The van der Waals surface area contributed by atoms with Crippen LogP contribution >= 0.6 is 0 Å². The number of aromatic nitrogens is 1. The van der Waals surface area contributed by atoms with Gasteiger partial charge >= 0.3 is 0 Å². The van der Waals surface area contributed by atoms with E-state index < -0.39 is 5.91 Å². The number of nitriles is 1. The highest BCUT2D eigenvalue weighted by atomic mass is 16.2. The predicted octanol–water partition coefficient (Wildman–Crippen LogP) is 9.34. The van der Waals surface area contributed by atoms with Gasteiger partial charge in [0.2, 0.25) is 0 Å². The van der Waals surface area contributed by atoms with Crippen LogP contribution in [-0.2, 0) is 0 Å². The third-order valence-electron chi connectivity index (χ3n) is 8.55.